The van der Waals surface area contributed by atoms with Gasteiger partial charge in [-0.15, -0.1) is 0 Å². The second-order valence-corrected chi connectivity index (χ2v) is 7.28. The van der Waals surface area contributed by atoms with Crippen molar-refractivity contribution in [3.05, 3.63) is 42.0 Å². The first-order chi connectivity index (χ1) is 13.0. The van der Waals surface area contributed by atoms with Crippen LogP contribution in [-0.4, -0.2) is 60.6 Å². The summed E-state index contributed by atoms with van der Waals surface area (Å²) < 4.78 is 6.03. The fraction of sp³-hybridized carbons (Fsp3) is 0.429. The first kappa shape index (κ1) is 19.2. The van der Waals surface area contributed by atoms with Crippen LogP contribution in [0.5, 0.6) is 5.75 Å². The average Bonchev–Trinajstić information content (AvgIpc) is 3.01. The van der Waals surface area contributed by atoms with Crippen LogP contribution in [0, 0.1) is 5.92 Å². The number of hydrogen-bond acceptors (Lipinski definition) is 4. The van der Waals surface area contributed by atoms with Crippen LogP contribution >= 0.6 is 0 Å². The summed E-state index contributed by atoms with van der Waals surface area (Å²) in [4.78, 5) is 27.3. The highest BCUT2D eigenvalue weighted by Gasteiger charge is 2.34. The van der Waals surface area contributed by atoms with Gasteiger partial charge in [0.25, 0.3) is 0 Å². The molecule has 6 nitrogen and oxygen atoms in total. The lowest BCUT2D eigenvalue weighted by molar-refractivity contribution is -0.141. The molecule has 1 amide bonds. The van der Waals surface area contributed by atoms with Crippen LogP contribution in [0.15, 0.2) is 36.4 Å². The lowest BCUT2D eigenvalue weighted by Gasteiger charge is -2.21. The van der Waals surface area contributed by atoms with E-state index < -0.39 is 11.9 Å². The number of fused-ring (bicyclic) bond motifs is 1. The van der Waals surface area contributed by atoms with E-state index in [1.165, 1.54) is 0 Å². The average molecular weight is 370 g/mol. The molecule has 3 rings (SSSR count). The summed E-state index contributed by atoms with van der Waals surface area (Å²) in [5.41, 5.74) is 0.942. The Bertz CT molecular complexity index is 834. The van der Waals surface area contributed by atoms with Gasteiger partial charge >= 0.3 is 5.97 Å². The molecule has 6 heteroatoms. The largest absolute Gasteiger partial charge is 0.493 e. The Kier molecular flexibility index (Phi) is 5.96. The minimum atomic E-state index is -0.913. The predicted molar refractivity (Wildman–Crippen MR) is 104 cm³/mol. The van der Waals surface area contributed by atoms with Gasteiger partial charge in [0, 0.05) is 31.6 Å². The van der Waals surface area contributed by atoms with E-state index in [1.54, 1.807) is 4.90 Å². The third kappa shape index (κ3) is 4.57. The van der Waals surface area contributed by atoms with Crippen LogP contribution in [0.3, 0.4) is 0 Å². The van der Waals surface area contributed by atoms with E-state index in [0.717, 1.165) is 35.1 Å². The van der Waals surface area contributed by atoms with Gasteiger partial charge in [-0.1, -0.05) is 30.3 Å². The number of rotatable bonds is 8. The molecule has 1 atom stereocenters. The molecule has 1 heterocycles. The highest BCUT2D eigenvalue weighted by Crippen LogP contribution is 2.31. The van der Waals surface area contributed by atoms with Crippen LogP contribution < -0.4 is 4.74 Å². The van der Waals surface area contributed by atoms with Crippen molar-refractivity contribution in [2.24, 2.45) is 5.92 Å². The molecule has 1 aliphatic heterocycles. The Morgan fingerprint density at radius 3 is 2.74 bits per heavy atom. The summed E-state index contributed by atoms with van der Waals surface area (Å²) in [6, 6.07) is 12.0. The second-order valence-electron chi connectivity index (χ2n) is 7.28. The zero-order chi connectivity index (χ0) is 19.4. The van der Waals surface area contributed by atoms with E-state index >= 15 is 0 Å². The molecule has 1 saturated heterocycles. The third-order valence-corrected chi connectivity index (χ3v) is 4.92. The van der Waals surface area contributed by atoms with Crippen LogP contribution in [0.2, 0.25) is 0 Å². The van der Waals surface area contributed by atoms with Crippen molar-refractivity contribution in [2.75, 3.05) is 33.8 Å². The molecule has 144 valence electrons. The molecule has 0 aliphatic carbocycles. The number of aliphatic carboxylic acids is 1. The minimum absolute atomic E-state index is 0.0686. The number of benzene rings is 2. The van der Waals surface area contributed by atoms with E-state index in [-0.39, 0.29) is 18.9 Å². The zero-order valence-electron chi connectivity index (χ0n) is 15.9. The predicted octanol–water partition coefficient (Wildman–Crippen LogP) is 2.60. The number of likely N-dealkylation sites (tertiary alicyclic amines) is 1. The maximum Gasteiger partial charge on any atom is 0.308 e. The lowest BCUT2D eigenvalue weighted by atomic mass is 10.0. The first-order valence-electron chi connectivity index (χ1n) is 9.24. The molecule has 0 saturated carbocycles. The third-order valence-electron chi connectivity index (χ3n) is 4.92. The molecule has 0 aromatic heterocycles. The van der Waals surface area contributed by atoms with E-state index in [4.69, 9.17) is 4.74 Å². The van der Waals surface area contributed by atoms with Gasteiger partial charge in [0.05, 0.1) is 12.5 Å². The van der Waals surface area contributed by atoms with Crippen molar-refractivity contribution in [3.8, 4) is 5.75 Å². The molecule has 1 fully saturated rings. The van der Waals surface area contributed by atoms with Gasteiger partial charge in [0.15, 0.2) is 0 Å². The minimum Gasteiger partial charge on any atom is -0.493 e. The van der Waals surface area contributed by atoms with Gasteiger partial charge in [0.2, 0.25) is 5.91 Å². The van der Waals surface area contributed by atoms with E-state index in [9.17, 15) is 14.7 Å². The highest BCUT2D eigenvalue weighted by molar-refractivity contribution is 5.89. The SMILES string of the molecule is CN(C)CCCOc1ccc2ccccc2c1CN1CC(C(=O)O)CC1=O. The van der Waals surface area contributed by atoms with Crippen LogP contribution in [-0.2, 0) is 16.1 Å². The number of ether oxygens (including phenoxy) is 1. The van der Waals surface area contributed by atoms with E-state index in [1.807, 2.05) is 50.5 Å². The summed E-state index contributed by atoms with van der Waals surface area (Å²) in [7, 11) is 4.05. The number of carboxylic acids is 1. The monoisotopic (exact) mass is 370 g/mol. The standard InChI is InChI=1S/C21H26N2O4/c1-22(2)10-5-11-27-19-9-8-15-6-3-4-7-17(15)18(19)14-23-13-16(21(25)26)12-20(23)24/h3-4,6-9,16H,5,10-14H2,1-2H3,(H,25,26). The van der Waals surface area contributed by atoms with Gasteiger partial charge in [-0.2, -0.15) is 0 Å². The smallest absolute Gasteiger partial charge is 0.308 e. The van der Waals surface area contributed by atoms with Crippen molar-refractivity contribution < 1.29 is 19.4 Å². The first-order valence-corrected chi connectivity index (χ1v) is 9.24. The van der Waals surface area contributed by atoms with E-state index in [0.29, 0.717) is 13.2 Å². The number of hydrogen-bond donors (Lipinski definition) is 1. The molecular formula is C21H26N2O4. The Morgan fingerprint density at radius 2 is 2.04 bits per heavy atom. The van der Waals surface area contributed by atoms with Crippen molar-refractivity contribution in [2.45, 2.75) is 19.4 Å². The normalized spacial score (nSPS) is 17.1. The molecule has 27 heavy (non-hydrogen) atoms. The molecule has 1 N–H and O–H groups in total. The Balaban J connectivity index is 1.83. The molecule has 0 bridgehead atoms. The summed E-state index contributed by atoms with van der Waals surface area (Å²) in [5, 5.41) is 11.3. The van der Waals surface area contributed by atoms with Crippen LogP contribution in [0.1, 0.15) is 18.4 Å². The summed E-state index contributed by atoms with van der Waals surface area (Å²) in [6.45, 7) is 2.15. The molecule has 0 radical (unpaired) electrons. The molecule has 2 aromatic rings. The number of carbonyl (C=O) groups is 2. The van der Waals surface area contributed by atoms with E-state index in [2.05, 4.69) is 4.90 Å². The lowest BCUT2D eigenvalue weighted by Crippen LogP contribution is -2.26. The quantitative estimate of drug-likeness (QED) is 0.724. The van der Waals surface area contributed by atoms with Gasteiger partial charge in [-0.05, 0) is 37.4 Å². The zero-order valence-corrected chi connectivity index (χ0v) is 15.9. The fourth-order valence-corrected chi connectivity index (χ4v) is 3.46. The molecule has 2 aromatic carbocycles. The summed E-state index contributed by atoms with van der Waals surface area (Å²) in [6.07, 6.45) is 0.974. The van der Waals surface area contributed by atoms with Crippen LogP contribution in [0.25, 0.3) is 10.8 Å². The van der Waals surface area contributed by atoms with Gasteiger partial charge in [0.1, 0.15) is 5.75 Å². The van der Waals surface area contributed by atoms with Crippen molar-refractivity contribution in [1.82, 2.24) is 9.80 Å². The van der Waals surface area contributed by atoms with Gasteiger partial charge in [-0.3, -0.25) is 9.59 Å². The Labute approximate surface area is 159 Å². The Hall–Kier alpha value is -2.60. The summed E-state index contributed by atoms with van der Waals surface area (Å²) in [5.74, 6) is -0.895. The Morgan fingerprint density at radius 1 is 1.26 bits per heavy atom. The maximum atomic E-state index is 12.3. The highest BCUT2D eigenvalue weighted by atomic mass is 16.5. The number of carbonyl (C=O) groups excluding carboxylic acids is 1. The molecular weight excluding hydrogens is 344 g/mol. The number of amides is 1. The number of carboxylic acid groups (broad SMARTS) is 1. The molecule has 1 unspecified atom stereocenters. The molecule has 1 aliphatic rings. The topological polar surface area (TPSA) is 70.1 Å². The maximum absolute atomic E-state index is 12.3. The fourth-order valence-electron chi connectivity index (χ4n) is 3.46. The second kappa shape index (κ2) is 8.39. The van der Waals surface area contributed by atoms with Gasteiger partial charge < -0.3 is 19.6 Å². The van der Waals surface area contributed by atoms with Crippen molar-refractivity contribution >= 4 is 22.6 Å². The molecule has 0 spiro atoms. The summed E-state index contributed by atoms with van der Waals surface area (Å²) >= 11 is 0. The van der Waals surface area contributed by atoms with Gasteiger partial charge in [-0.25, -0.2) is 0 Å². The number of nitrogens with zero attached hydrogens (tertiary/aromatic N) is 2. The van der Waals surface area contributed by atoms with Crippen molar-refractivity contribution in [3.63, 3.8) is 0 Å². The van der Waals surface area contributed by atoms with Crippen molar-refractivity contribution in [1.29, 1.82) is 0 Å². The van der Waals surface area contributed by atoms with Crippen LogP contribution in [0.4, 0.5) is 0 Å².